The third-order valence-electron chi connectivity index (χ3n) is 5.78. The standard InChI is InChI=1S/C25H21N3O5/c1-27-23(26)19(24(32)28(2)25(27)33)17(13-12-14-8-4-3-5-9-14)18-20(29)15-10-6-7-11-16(15)21(30)22(18)31/h3-13,17,29H,26H2,1-2H3/b13-12+. The van der Waals surface area contributed by atoms with Gasteiger partial charge in [-0.3, -0.25) is 23.5 Å². The van der Waals surface area contributed by atoms with Crippen molar-refractivity contribution < 1.29 is 14.7 Å². The number of hydrogen-bond donors (Lipinski definition) is 2. The van der Waals surface area contributed by atoms with Crippen molar-refractivity contribution >= 4 is 29.2 Å². The average Bonchev–Trinajstić information content (AvgIpc) is 2.84. The van der Waals surface area contributed by atoms with Crippen LogP contribution in [0.1, 0.15) is 33.0 Å². The topological polar surface area (TPSA) is 124 Å². The van der Waals surface area contributed by atoms with Gasteiger partial charge in [0.25, 0.3) is 5.56 Å². The average molecular weight is 443 g/mol. The van der Waals surface area contributed by atoms with Gasteiger partial charge in [-0.15, -0.1) is 0 Å². The van der Waals surface area contributed by atoms with Crippen LogP contribution < -0.4 is 17.0 Å². The summed E-state index contributed by atoms with van der Waals surface area (Å²) >= 11 is 0. The quantitative estimate of drug-likeness (QED) is 0.596. The smallest absolute Gasteiger partial charge is 0.332 e. The van der Waals surface area contributed by atoms with Crippen LogP contribution in [0.2, 0.25) is 0 Å². The first-order valence-corrected chi connectivity index (χ1v) is 10.1. The number of benzene rings is 2. The van der Waals surface area contributed by atoms with Crippen molar-refractivity contribution in [3.8, 4) is 0 Å². The third kappa shape index (κ3) is 3.51. The summed E-state index contributed by atoms with van der Waals surface area (Å²) in [4.78, 5) is 51.5. The lowest BCUT2D eigenvalue weighted by Gasteiger charge is -2.24. The number of nitrogen functional groups attached to an aromatic ring is 1. The molecule has 1 atom stereocenters. The van der Waals surface area contributed by atoms with Gasteiger partial charge in [-0.2, -0.15) is 0 Å². The largest absolute Gasteiger partial charge is 0.507 e. The maximum atomic E-state index is 13.2. The molecule has 0 aliphatic heterocycles. The summed E-state index contributed by atoms with van der Waals surface area (Å²) in [5.74, 6) is -3.49. The Morgan fingerprint density at radius 2 is 1.45 bits per heavy atom. The summed E-state index contributed by atoms with van der Waals surface area (Å²) in [7, 11) is 2.69. The molecule has 4 rings (SSSR count). The van der Waals surface area contributed by atoms with E-state index in [1.807, 2.05) is 30.3 Å². The normalized spacial score (nSPS) is 14.6. The first-order valence-electron chi connectivity index (χ1n) is 10.1. The number of aromatic nitrogens is 2. The number of aliphatic hydroxyl groups excluding tert-OH is 1. The molecule has 8 nitrogen and oxygen atoms in total. The molecule has 3 aromatic rings. The monoisotopic (exact) mass is 443 g/mol. The molecule has 166 valence electrons. The van der Waals surface area contributed by atoms with E-state index < -0.39 is 34.5 Å². The van der Waals surface area contributed by atoms with Crippen LogP contribution in [0.25, 0.3) is 11.8 Å². The lowest BCUT2D eigenvalue weighted by atomic mass is 9.79. The van der Waals surface area contributed by atoms with Crippen molar-refractivity contribution in [1.82, 2.24) is 9.13 Å². The molecule has 0 bridgehead atoms. The van der Waals surface area contributed by atoms with E-state index in [1.165, 1.54) is 32.3 Å². The van der Waals surface area contributed by atoms with Gasteiger partial charge in [0.05, 0.1) is 11.1 Å². The van der Waals surface area contributed by atoms with Gasteiger partial charge in [-0.1, -0.05) is 66.7 Å². The Morgan fingerprint density at radius 1 is 0.848 bits per heavy atom. The van der Waals surface area contributed by atoms with Gasteiger partial charge in [-0.05, 0) is 5.56 Å². The van der Waals surface area contributed by atoms with Crippen molar-refractivity contribution in [2.75, 3.05) is 5.73 Å². The van der Waals surface area contributed by atoms with Crippen LogP contribution in [0.15, 0.2) is 75.8 Å². The number of nitrogens with zero attached hydrogens (tertiary/aromatic N) is 2. The number of fused-ring (bicyclic) bond motifs is 1. The van der Waals surface area contributed by atoms with E-state index in [1.54, 1.807) is 18.2 Å². The molecule has 8 heteroatoms. The van der Waals surface area contributed by atoms with Gasteiger partial charge in [0, 0.05) is 31.1 Å². The van der Waals surface area contributed by atoms with Gasteiger partial charge in [0.15, 0.2) is 0 Å². The molecule has 1 aliphatic rings. The Balaban J connectivity index is 2.05. The van der Waals surface area contributed by atoms with E-state index >= 15 is 0 Å². The number of nitrogens with two attached hydrogens (primary N) is 1. The maximum absolute atomic E-state index is 13.2. The summed E-state index contributed by atoms with van der Waals surface area (Å²) in [5.41, 5.74) is 5.48. The molecule has 0 saturated heterocycles. The Kier molecular flexibility index (Phi) is 5.43. The molecule has 0 amide bonds. The van der Waals surface area contributed by atoms with Gasteiger partial charge in [-0.25, -0.2) is 4.79 Å². The summed E-state index contributed by atoms with van der Waals surface area (Å²) < 4.78 is 1.95. The molecule has 1 unspecified atom stereocenters. The maximum Gasteiger partial charge on any atom is 0.332 e. The SMILES string of the molecule is Cn1c(N)c(C(/C=C/c2ccccc2)C2=C(O)c3ccccc3C(=O)C2=O)c(=O)n(C)c1=O. The molecule has 33 heavy (non-hydrogen) atoms. The van der Waals surface area contributed by atoms with Crippen LogP contribution in [0, 0.1) is 0 Å². The van der Waals surface area contributed by atoms with Gasteiger partial charge in [0.1, 0.15) is 11.6 Å². The van der Waals surface area contributed by atoms with E-state index in [-0.39, 0.29) is 28.1 Å². The number of Topliss-reactive ketones (excluding diaryl/α,β-unsaturated/α-hetero) is 2. The minimum atomic E-state index is -1.18. The number of aliphatic hydroxyl groups is 1. The Hall–Kier alpha value is -4.46. The first kappa shape index (κ1) is 21.8. The highest BCUT2D eigenvalue weighted by molar-refractivity contribution is 6.52. The number of carbonyl (C=O) groups excluding carboxylic acids is 2. The van der Waals surface area contributed by atoms with Crippen LogP contribution in [-0.2, 0) is 18.9 Å². The van der Waals surface area contributed by atoms with Crippen LogP contribution in [0.3, 0.4) is 0 Å². The fraction of sp³-hybridized carbons (Fsp3) is 0.120. The Labute approximate surface area is 188 Å². The van der Waals surface area contributed by atoms with E-state index in [9.17, 15) is 24.3 Å². The molecule has 3 N–H and O–H groups in total. The highest BCUT2D eigenvalue weighted by atomic mass is 16.3. The zero-order valence-electron chi connectivity index (χ0n) is 18.0. The molecule has 0 radical (unpaired) electrons. The van der Waals surface area contributed by atoms with Crippen molar-refractivity contribution in [1.29, 1.82) is 0 Å². The zero-order chi connectivity index (χ0) is 23.9. The molecule has 1 aromatic heterocycles. The fourth-order valence-corrected chi connectivity index (χ4v) is 3.96. The van der Waals surface area contributed by atoms with Crippen LogP contribution in [0.5, 0.6) is 0 Å². The van der Waals surface area contributed by atoms with Crippen molar-refractivity contribution in [3.63, 3.8) is 0 Å². The second-order valence-corrected chi connectivity index (χ2v) is 7.72. The van der Waals surface area contributed by atoms with Gasteiger partial charge < -0.3 is 10.8 Å². The number of rotatable bonds is 4. The van der Waals surface area contributed by atoms with E-state index in [0.717, 1.165) is 14.7 Å². The van der Waals surface area contributed by atoms with Gasteiger partial charge in [0.2, 0.25) is 11.6 Å². The van der Waals surface area contributed by atoms with E-state index in [0.29, 0.717) is 0 Å². The molecular formula is C25H21N3O5. The number of allylic oxidation sites excluding steroid dienone is 2. The predicted molar refractivity (Wildman–Crippen MR) is 125 cm³/mol. The lowest BCUT2D eigenvalue weighted by Crippen LogP contribution is -2.42. The molecule has 1 aliphatic carbocycles. The molecule has 0 spiro atoms. The summed E-state index contributed by atoms with van der Waals surface area (Å²) in [6.07, 6.45) is 3.19. The van der Waals surface area contributed by atoms with E-state index in [4.69, 9.17) is 5.73 Å². The second kappa shape index (κ2) is 8.23. The summed E-state index contributed by atoms with van der Waals surface area (Å²) in [6.45, 7) is 0. The number of hydrogen-bond acceptors (Lipinski definition) is 6. The highest BCUT2D eigenvalue weighted by Gasteiger charge is 2.38. The minimum Gasteiger partial charge on any atom is -0.507 e. The number of anilines is 1. The highest BCUT2D eigenvalue weighted by Crippen LogP contribution is 2.37. The zero-order valence-corrected chi connectivity index (χ0v) is 18.0. The minimum absolute atomic E-state index is 0.0795. The van der Waals surface area contributed by atoms with Gasteiger partial charge >= 0.3 is 5.69 Å². The number of ketones is 2. The molecule has 0 fully saturated rings. The lowest BCUT2D eigenvalue weighted by molar-refractivity contribution is -0.112. The fourth-order valence-electron chi connectivity index (χ4n) is 3.96. The van der Waals surface area contributed by atoms with Crippen LogP contribution >= 0.6 is 0 Å². The van der Waals surface area contributed by atoms with Crippen molar-refractivity contribution in [2.45, 2.75) is 5.92 Å². The van der Waals surface area contributed by atoms with Crippen molar-refractivity contribution in [3.05, 3.63) is 109 Å². The molecule has 0 saturated carbocycles. The predicted octanol–water partition coefficient (Wildman–Crippen LogP) is 2.20. The summed E-state index contributed by atoms with van der Waals surface area (Å²) in [6, 6.07) is 15.3. The van der Waals surface area contributed by atoms with Crippen LogP contribution in [0.4, 0.5) is 5.82 Å². The first-order chi connectivity index (χ1) is 15.7. The molecular weight excluding hydrogens is 422 g/mol. The van der Waals surface area contributed by atoms with E-state index in [2.05, 4.69) is 0 Å². The molecule has 2 aromatic carbocycles. The number of carbonyl (C=O) groups is 2. The summed E-state index contributed by atoms with van der Waals surface area (Å²) in [5, 5.41) is 11.1. The third-order valence-corrected chi connectivity index (χ3v) is 5.78. The Bertz CT molecular complexity index is 1480. The van der Waals surface area contributed by atoms with Crippen LogP contribution in [-0.4, -0.2) is 25.8 Å². The van der Waals surface area contributed by atoms with Crippen molar-refractivity contribution in [2.24, 2.45) is 14.1 Å². The molecule has 1 heterocycles. The second-order valence-electron chi connectivity index (χ2n) is 7.72. The Morgan fingerprint density at radius 3 is 2.12 bits per heavy atom.